The third kappa shape index (κ3) is 1.96. The molecular formula is C13H19FN4. The lowest BCUT2D eigenvalue weighted by Gasteiger charge is -2.30. The summed E-state index contributed by atoms with van der Waals surface area (Å²) in [5.41, 5.74) is 0.435. The Balaban J connectivity index is 1.87. The van der Waals surface area contributed by atoms with Gasteiger partial charge in [0.25, 0.3) is 0 Å². The van der Waals surface area contributed by atoms with E-state index in [1.54, 1.807) is 6.92 Å². The topological polar surface area (TPSA) is 41.1 Å². The van der Waals surface area contributed by atoms with Crippen molar-refractivity contribution >= 4 is 5.82 Å². The molecule has 0 spiro atoms. The van der Waals surface area contributed by atoms with E-state index < -0.39 is 0 Å². The Kier molecular flexibility index (Phi) is 3.16. The standard InChI is InChI=1S/C13H19FN4/c1-9-12(14)13(17-8-16-9)18-7-3-5-11(18)10-4-2-6-15-10/h8,10-11,15H,2-7H2,1H3. The first-order valence-corrected chi connectivity index (χ1v) is 6.74. The molecule has 2 fully saturated rings. The zero-order valence-electron chi connectivity index (χ0n) is 10.7. The highest BCUT2D eigenvalue weighted by atomic mass is 19.1. The van der Waals surface area contributed by atoms with Crippen LogP contribution in [0.2, 0.25) is 0 Å². The van der Waals surface area contributed by atoms with E-state index in [2.05, 4.69) is 20.2 Å². The maximum Gasteiger partial charge on any atom is 0.186 e. The first-order chi connectivity index (χ1) is 8.77. The van der Waals surface area contributed by atoms with Crippen LogP contribution in [0.5, 0.6) is 0 Å². The van der Waals surface area contributed by atoms with Gasteiger partial charge in [0.15, 0.2) is 11.6 Å². The smallest absolute Gasteiger partial charge is 0.186 e. The Morgan fingerprint density at radius 3 is 3.00 bits per heavy atom. The second kappa shape index (κ2) is 4.80. The van der Waals surface area contributed by atoms with Gasteiger partial charge in [0.2, 0.25) is 0 Å². The molecule has 1 aromatic rings. The van der Waals surface area contributed by atoms with E-state index in [0.717, 1.165) is 25.9 Å². The molecule has 2 aliphatic rings. The summed E-state index contributed by atoms with van der Waals surface area (Å²) in [6.45, 7) is 3.68. The zero-order chi connectivity index (χ0) is 12.5. The van der Waals surface area contributed by atoms with Crippen molar-refractivity contribution in [2.24, 2.45) is 0 Å². The SMILES string of the molecule is Cc1ncnc(N2CCCC2C2CCCN2)c1F. The van der Waals surface area contributed by atoms with Gasteiger partial charge < -0.3 is 10.2 Å². The molecule has 18 heavy (non-hydrogen) atoms. The second-order valence-electron chi connectivity index (χ2n) is 5.20. The Bertz CT molecular complexity index is 431. The first-order valence-electron chi connectivity index (χ1n) is 6.74. The maximum atomic E-state index is 14.1. The molecule has 3 rings (SSSR count). The summed E-state index contributed by atoms with van der Waals surface area (Å²) in [5.74, 6) is 0.223. The third-order valence-electron chi connectivity index (χ3n) is 4.08. The van der Waals surface area contributed by atoms with Gasteiger partial charge in [0, 0.05) is 18.6 Å². The monoisotopic (exact) mass is 250 g/mol. The van der Waals surface area contributed by atoms with Crippen molar-refractivity contribution in [3.8, 4) is 0 Å². The van der Waals surface area contributed by atoms with Crippen molar-refractivity contribution < 1.29 is 4.39 Å². The fourth-order valence-electron chi connectivity index (χ4n) is 3.16. The highest BCUT2D eigenvalue weighted by Gasteiger charge is 2.35. The molecule has 0 bridgehead atoms. The lowest BCUT2D eigenvalue weighted by Crippen LogP contribution is -2.44. The molecule has 1 aromatic heterocycles. The van der Waals surface area contributed by atoms with Gasteiger partial charge in [-0.3, -0.25) is 0 Å². The Morgan fingerprint density at radius 1 is 1.33 bits per heavy atom. The van der Waals surface area contributed by atoms with Gasteiger partial charge in [-0.2, -0.15) is 0 Å². The molecule has 5 heteroatoms. The Morgan fingerprint density at radius 2 is 2.22 bits per heavy atom. The second-order valence-corrected chi connectivity index (χ2v) is 5.20. The summed E-state index contributed by atoms with van der Waals surface area (Å²) in [6.07, 6.45) is 6.11. The molecule has 2 saturated heterocycles. The average Bonchev–Trinajstić information content (AvgIpc) is 3.01. The van der Waals surface area contributed by atoms with E-state index in [1.165, 1.54) is 19.2 Å². The van der Waals surface area contributed by atoms with Crippen molar-refractivity contribution in [1.29, 1.82) is 0 Å². The zero-order valence-corrected chi connectivity index (χ0v) is 10.7. The van der Waals surface area contributed by atoms with E-state index >= 15 is 0 Å². The Labute approximate surface area is 107 Å². The van der Waals surface area contributed by atoms with Crippen LogP contribution in [0.15, 0.2) is 6.33 Å². The van der Waals surface area contributed by atoms with Crippen LogP contribution in [0.3, 0.4) is 0 Å². The molecule has 0 aliphatic carbocycles. The van der Waals surface area contributed by atoms with Crippen molar-refractivity contribution in [3.63, 3.8) is 0 Å². The number of hydrogen-bond acceptors (Lipinski definition) is 4. The molecule has 4 nitrogen and oxygen atoms in total. The van der Waals surface area contributed by atoms with Crippen LogP contribution in [0.4, 0.5) is 10.2 Å². The lowest BCUT2D eigenvalue weighted by atomic mass is 10.0. The molecule has 0 amide bonds. The Hall–Kier alpha value is -1.23. The summed E-state index contributed by atoms with van der Waals surface area (Å²) in [7, 11) is 0. The van der Waals surface area contributed by atoms with Crippen molar-refractivity contribution in [3.05, 3.63) is 17.8 Å². The van der Waals surface area contributed by atoms with Crippen LogP contribution >= 0.6 is 0 Å². The maximum absolute atomic E-state index is 14.1. The minimum atomic E-state index is -0.262. The summed E-state index contributed by atoms with van der Waals surface area (Å²) in [4.78, 5) is 10.2. The fourth-order valence-corrected chi connectivity index (χ4v) is 3.16. The fraction of sp³-hybridized carbons (Fsp3) is 0.692. The van der Waals surface area contributed by atoms with E-state index in [-0.39, 0.29) is 5.82 Å². The van der Waals surface area contributed by atoms with Gasteiger partial charge in [-0.1, -0.05) is 0 Å². The molecule has 0 radical (unpaired) electrons. The van der Waals surface area contributed by atoms with Gasteiger partial charge >= 0.3 is 0 Å². The molecule has 2 aliphatic heterocycles. The number of aryl methyl sites for hydroxylation is 1. The summed E-state index contributed by atoms with van der Waals surface area (Å²) >= 11 is 0. The van der Waals surface area contributed by atoms with Gasteiger partial charge in [-0.15, -0.1) is 0 Å². The van der Waals surface area contributed by atoms with Crippen molar-refractivity contribution in [2.45, 2.75) is 44.7 Å². The predicted octanol–water partition coefficient (Wildman–Crippen LogP) is 1.64. The number of nitrogens with one attached hydrogen (secondary N) is 1. The van der Waals surface area contributed by atoms with Crippen LogP contribution in [0.25, 0.3) is 0 Å². The highest BCUT2D eigenvalue weighted by Crippen LogP contribution is 2.30. The number of nitrogens with zero attached hydrogens (tertiary/aromatic N) is 3. The normalized spacial score (nSPS) is 28.0. The minimum Gasteiger partial charge on any atom is -0.350 e. The largest absolute Gasteiger partial charge is 0.350 e. The van der Waals surface area contributed by atoms with Gasteiger partial charge in [0.1, 0.15) is 6.33 Å². The lowest BCUT2D eigenvalue weighted by molar-refractivity contribution is 0.474. The highest BCUT2D eigenvalue weighted by molar-refractivity contribution is 5.43. The van der Waals surface area contributed by atoms with Crippen LogP contribution < -0.4 is 10.2 Å². The van der Waals surface area contributed by atoms with Gasteiger partial charge in [-0.05, 0) is 39.2 Å². The van der Waals surface area contributed by atoms with E-state index in [9.17, 15) is 4.39 Å². The van der Waals surface area contributed by atoms with Gasteiger partial charge in [-0.25, -0.2) is 14.4 Å². The van der Waals surface area contributed by atoms with E-state index in [0.29, 0.717) is 23.6 Å². The molecule has 2 atom stereocenters. The molecule has 0 aromatic carbocycles. The van der Waals surface area contributed by atoms with E-state index in [1.807, 2.05) is 0 Å². The van der Waals surface area contributed by atoms with E-state index in [4.69, 9.17) is 0 Å². The number of halogens is 1. The first kappa shape index (κ1) is 11.8. The summed E-state index contributed by atoms with van der Waals surface area (Å²) in [6, 6.07) is 0.874. The summed E-state index contributed by atoms with van der Waals surface area (Å²) in [5, 5.41) is 3.52. The number of anilines is 1. The van der Waals surface area contributed by atoms with Crippen LogP contribution in [0.1, 0.15) is 31.4 Å². The minimum absolute atomic E-state index is 0.262. The predicted molar refractivity (Wildman–Crippen MR) is 68.1 cm³/mol. The molecule has 0 saturated carbocycles. The number of rotatable bonds is 2. The summed E-state index contributed by atoms with van der Waals surface area (Å²) < 4.78 is 14.1. The quantitative estimate of drug-likeness (QED) is 0.866. The van der Waals surface area contributed by atoms with Gasteiger partial charge in [0.05, 0.1) is 5.69 Å². The van der Waals surface area contributed by atoms with Crippen LogP contribution in [-0.4, -0.2) is 35.1 Å². The number of hydrogen-bond donors (Lipinski definition) is 1. The molecule has 3 heterocycles. The average molecular weight is 250 g/mol. The third-order valence-corrected chi connectivity index (χ3v) is 4.08. The molecule has 98 valence electrons. The van der Waals surface area contributed by atoms with Crippen LogP contribution in [0, 0.1) is 12.7 Å². The molecule has 1 N–H and O–H groups in total. The molecule has 2 unspecified atom stereocenters. The van der Waals surface area contributed by atoms with Crippen molar-refractivity contribution in [2.75, 3.05) is 18.0 Å². The number of aromatic nitrogens is 2. The van der Waals surface area contributed by atoms with Crippen LogP contribution in [-0.2, 0) is 0 Å². The molecular weight excluding hydrogens is 231 g/mol. The van der Waals surface area contributed by atoms with Crippen molar-refractivity contribution in [1.82, 2.24) is 15.3 Å².